The number of guanidine groups is 1. The fraction of sp³-hybridized carbons (Fsp3) is 0.941. The fourth-order valence-corrected chi connectivity index (χ4v) is 3.89. The summed E-state index contributed by atoms with van der Waals surface area (Å²) in [4.78, 5) is 7.79. The van der Waals surface area contributed by atoms with Crippen LogP contribution in [-0.2, 0) is 10.8 Å². The normalized spacial score (nSPS) is 20.7. The van der Waals surface area contributed by atoms with E-state index in [-0.39, 0.29) is 10.7 Å². The molecule has 154 valence electrons. The van der Waals surface area contributed by atoms with E-state index in [9.17, 15) is 17.4 Å². The topological polar surface area (TPSA) is 47.9 Å². The Labute approximate surface area is 157 Å². The number of hydrogen-bond donors (Lipinski definition) is 1. The molecule has 2 atom stereocenters. The van der Waals surface area contributed by atoms with E-state index in [0.717, 1.165) is 18.9 Å². The van der Waals surface area contributed by atoms with Crippen molar-refractivity contribution < 1.29 is 17.4 Å². The smallest absolute Gasteiger partial charge is 0.355 e. The first kappa shape index (κ1) is 23.2. The van der Waals surface area contributed by atoms with Crippen LogP contribution in [0.25, 0.3) is 0 Å². The molecular weight excluding hydrogens is 365 g/mol. The van der Waals surface area contributed by atoms with Gasteiger partial charge in [-0.1, -0.05) is 6.92 Å². The van der Waals surface area contributed by atoms with Gasteiger partial charge >= 0.3 is 6.18 Å². The summed E-state index contributed by atoms with van der Waals surface area (Å²) in [5, 5.41) is 3.23. The molecule has 1 aliphatic heterocycles. The molecule has 0 aromatic heterocycles. The van der Waals surface area contributed by atoms with Crippen LogP contribution >= 0.6 is 0 Å². The Balaban J connectivity index is 2.46. The first-order valence-corrected chi connectivity index (χ1v) is 10.4. The Morgan fingerprint density at radius 3 is 2.50 bits per heavy atom. The van der Waals surface area contributed by atoms with E-state index in [4.69, 9.17) is 0 Å². The number of aliphatic imine (C=N–C) groups is 1. The third-order valence-corrected chi connectivity index (χ3v) is 6.36. The van der Waals surface area contributed by atoms with E-state index in [1.165, 1.54) is 4.90 Å². The zero-order valence-electron chi connectivity index (χ0n) is 16.5. The lowest BCUT2D eigenvalue weighted by molar-refractivity contribution is -0.146. The molecule has 26 heavy (non-hydrogen) atoms. The predicted octanol–water partition coefficient (Wildman–Crippen LogP) is 2.32. The lowest BCUT2D eigenvalue weighted by atomic mass is 10.1. The highest BCUT2D eigenvalue weighted by Crippen LogP contribution is 2.21. The van der Waals surface area contributed by atoms with Gasteiger partial charge in [0.05, 0.1) is 6.54 Å². The second-order valence-electron chi connectivity index (χ2n) is 7.68. The molecule has 1 aliphatic rings. The quantitative estimate of drug-likeness (QED) is 0.528. The highest BCUT2D eigenvalue weighted by molar-refractivity contribution is 7.86. The average Bonchev–Trinajstić information content (AvgIpc) is 2.96. The summed E-state index contributed by atoms with van der Waals surface area (Å²) in [5.74, 6) is 1.46. The summed E-state index contributed by atoms with van der Waals surface area (Å²) in [6.07, 6.45) is -3.31. The van der Waals surface area contributed by atoms with Crippen LogP contribution in [0, 0.1) is 5.92 Å². The van der Waals surface area contributed by atoms with Crippen LogP contribution < -0.4 is 5.32 Å². The summed E-state index contributed by atoms with van der Waals surface area (Å²) in [7, 11) is 0.760. The van der Waals surface area contributed by atoms with Crippen LogP contribution in [0.4, 0.5) is 13.2 Å². The molecule has 5 nitrogen and oxygen atoms in total. The third-order valence-electron chi connectivity index (χ3n) is 4.42. The molecule has 0 aliphatic carbocycles. The van der Waals surface area contributed by atoms with Crippen molar-refractivity contribution in [2.75, 3.05) is 52.1 Å². The minimum atomic E-state index is -4.16. The van der Waals surface area contributed by atoms with Gasteiger partial charge in [0.2, 0.25) is 0 Å². The molecular formula is C17H33F3N4OS. The zero-order chi connectivity index (χ0) is 20.0. The molecule has 2 unspecified atom stereocenters. The van der Waals surface area contributed by atoms with E-state index < -0.39 is 23.5 Å². The third kappa shape index (κ3) is 8.24. The molecule has 0 radical (unpaired) electrons. The number of likely N-dealkylation sites (tertiary alicyclic amines) is 1. The number of hydrogen-bond acceptors (Lipinski definition) is 3. The van der Waals surface area contributed by atoms with Crippen LogP contribution in [0.5, 0.6) is 0 Å². The van der Waals surface area contributed by atoms with E-state index in [1.54, 1.807) is 14.0 Å². The molecule has 0 saturated carbocycles. The van der Waals surface area contributed by atoms with Crippen LogP contribution in [-0.4, -0.2) is 83.0 Å². The number of nitrogens with zero attached hydrogens (tertiary/aromatic N) is 3. The Hall–Kier alpha value is -0.830. The first-order chi connectivity index (χ1) is 12.0. The van der Waals surface area contributed by atoms with Gasteiger partial charge in [-0.2, -0.15) is 13.2 Å². The van der Waals surface area contributed by atoms with Gasteiger partial charge in [0, 0.05) is 54.5 Å². The fourth-order valence-electron chi connectivity index (χ4n) is 2.99. The van der Waals surface area contributed by atoms with Gasteiger partial charge in [0.1, 0.15) is 0 Å². The second kappa shape index (κ2) is 9.92. The van der Waals surface area contributed by atoms with E-state index >= 15 is 0 Å². The maximum atomic E-state index is 12.6. The Kier molecular flexibility index (Phi) is 8.85. The van der Waals surface area contributed by atoms with Crippen molar-refractivity contribution in [3.05, 3.63) is 0 Å². The minimum Gasteiger partial charge on any atom is -0.355 e. The Morgan fingerprint density at radius 2 is 2.00 bits per heavy atom. The summed E-state index contributed by atoms with van der Waals surface area (Å²) in [6, 6.07) is 0. The lowest BCUT2D eigenvalue weighted by Crippen LogP contribution is -2.43. The Morgan fingerprint density at radius 1 is 1.35 bits per heavy atom. The molecule has 0 amide bonds. The molecule has 1 saturated heterocycles. The van der Waals surface area contributed by atoms with Gasteiger partial charge < -0.3 is 10.2 Å². The molecule has 1 rings (SSSR count). The molecule has 0 spiro atoms. The predicted molar refractivity (Wildman–Crippen MR) is 102 cm³/mol. The maximum Gasteiger partial charge on any atom is 0.401 e. The van der Waals surface area contributed by atoms with E-state index in [0.29, 0.717) is 31.9 Å². The van der Waals surface area contributed by atoms with Crippen molar-refractivity contribution >= 4 is 16.8 Å². The molecule has 0 aromatic carbocycles. The monoisotopic (exact) mass is 398 g/mol. The van der Waals surface area contributed by atoms with Crippen LogP contribution in [0.2, 0.25) is 0 Å². The summed E-state index contributed by atoms with van der Waals surface area (Å²) >= 11 is 0. The van der Waals surface area contributed by atoms with Crippen molar-refractivity contribution in [2.45, 2.75) is 45.0 Å². The molecule has 0 bridgehead atoms. The number of nitrogens with one attached hydrogen (secondary N) is 1. The number of halogens is 3. The molecule has 0 aromatic rings. The van der Waals surface area contributed by atoms with Crippen molar-refractivity contribution in [1.29, 1.82) is 0 Å². The average molecular weight is 399 g/mol. The van der Waals surface area contributed by atoms with Gasteiger partial charge in [-0.05, 0) is 39.7 Å². The standard InChI is InChI=1S/C17H33F3N4OS/c1-6-23(13-17(18,19)20)11-14-7-9-24(12-14)15(21-5)22-8-10-26(25)16(2,3)4/h14H,6-13H2,1-5H3,(H,21,22). The van der Waals surface area contributed by atoms with Crippen molar-refractivity contribution in [2.24, 2.45) is 10.9 Å². The van der Waals surface area contributed by atoms with Gasteiger partial charge in [0.15, 0.2) is 5.96 Å². The van der Waals surface area contributed by atoms with Crippen LogP contribution in [0.1, 0.15) is 34.1 Å². The summed E-state index contributed by atoms with van der Waals surface area (Å²) in [6.45, 7) is 9.61. The maximum absolute atomic E-state index is 12.6. The first-order valence-electron chi connectivity index (χ1n) is 9.09. The van der Waals surface area contributed by atoms with Gasteiger partial charge in [-0.3, -0.25) is 14.1 Å². The SMILES string of the molecule is CCN(CC1CCN(C(=NC)NCCS(=O)C(C)(C)C)C1)CC(F)(F)F. The van der Waals surface area contributed by atoms with Crippen molar-refractivity contribution in [3.8, 4) is 0 Å². The van der Waals surface area contributed by atoms with Gasteiger partial charge in [0.25, 0.3) is 0 Å². The van der Waals surface area contributed by atoms with Crippen molar-refractivity contribution in [1.82, 2.24) is 15.1 Å². The number of rotatable bonds is 7. The van der Waals surface area contributed by atoms with Gasteiger partial charge in [-0.25, -0.2) is 0 Å². The Bertz CT molecular complexity index is 491. The molecule has 1 fully saturated rings. The van der Waals surface area contributed by atoms with E-state index in [1.807, 2.05) is 20.8 Å². The summed E-state index contributed by atoms with van der Waals surface area (Å²) in [5.41, 5.74) is 0. The molecule has 1 heterocycles. The number of alkyl halides is 3. The highest BCUT2D eigenvalue weighted by atomic mass is 32.2. The van der Waals surface area contributed by atoms with Crippen LogP contribution in [0.15, 0.2) is 4.99 Å². The lowest BCUT2D eigenvalue weighted by Gasteiger charge is -2.26. The highest BCUT2D eigenvalue weighted by Gasteiger charge is 2.33. The second-order valence-corrected chi connectivity index (χ2v) is 10.0. The largest absolute Gasteiger partial charge is 0.401 e. The van der Waals surface area contributed by atoms with Gasteiger partial charge in [-0.15, -0.1) is 0 Å². The summed E-state index contributed by atoms with van der Waals surface area (Å²) < 4.78 is 49.7. The van der Waals surface area contributed by atoms with E-state index in [2.05, 4.69) is 15.2 Å². The van der Waals surface area contributed by atoms with Crippen LogP contribution in [0.3, 0.4) is 0 Å². The minimum absolute atomic E-state index is 0.194. The molecule has 1 N–H and O–H groups in total. The molecule has 9 heteroatoms. The zero-order valence-corrected chi connectivity index (χ0v) is 17.3. The van der Waals surface area contributed by atoms with Crippen molar-refractivity contribution in [3.63, 3.8) is 0 Å².